The van der Waals surface area contributed by atoms with Crippen molar-refractivity contribution in [2.24, 2.45) is 5.92 Å². The lowest BCUT2D eigenvalue weighted by Gasteiger charge is -2.15. The average Bonchev–Trinajstić information content (AvgIpc) is 2.59. The van der Waals surface area contributed by atoms with Crippen LogP contribution < -0.4 is 10.6 Å². The number of carbonyl (C=O) groups excluding carboxylic acids is 2. The Morgan fingerprint density at radius 1 is 0.864 bits per heavy atom. The van der Waals surface area contributed by atoms with Crippen molar-refractivity contribution in [3.8, 4) is 0 Å². The molecule has 0 heterocycles. The molecule has 0 fully saturated rings. The third-order valence-corrected chi connectivity index (χ3v) is 3.15. The van der Waals surface area contributed by atoms with E-state index in [1.165, 1.54) is 14.2 Å². The molecule has 0 spiro atoms. The summed E-state index contributed by atoms with van der Waals surface area (Å²) in [6.45, 7) is 9.48. The van der Waals surface area contributed by atoms with E-state index in [9.17, 15) is 9.59 Å². The van der Waals surface area contributed by atoms with Crippen molar-refractivity contribution in [2.45, 2.75) is 52.8 Å². The van der Waals surface area contributed by atoms with Crippen LogP contribution in [0.1, 0.15) is 34.6 Å². The lowest BCUT2D eigenvalue weighted by atomic mass is 10.1. The highest BCUT2D eigenvalue weighted by atomic mass is 16.5. The summed E-state index contributed by atoms with van der Waals surface area (Å²) in [4.78, 5) is 21.4. The van der Waals surface area contributed by atoms with Crippen molar-refractivity contribution in [1.82, 2.24) is 10.6 Å². The SMILES string of the molecule is CC.CN[C@@H](C)C(C)C(=O)OC.CN[C@@H](C)C(O)C(=O)OC. The largest absolute Gasteiger partial charge is 0.469 e. The third kappa shape index (κ3) is 11.5. The van der Waals surface area contributed by atoms with E-state index in [2.05, 4.69) is 20.1 Å². The second-order valence-corrected chi connectivity index (χ2v) is 4.43. The fourth-order valence-corrected chi connectivity index (χ4v) is 1.12. The lowest BCUT2D eigenvalue weighted by molar-refractivity contribution is -0.151. The number of hydrogen-bond acceptors (Lipinski definition) is 7. The van der Waals surface area contributed by atoms with E-state index < -0.39 is 12.1 Å². The summed E-state index contributed by atoms with van der Waals surface area (Å²) in [5, 5.41) is 14.8. The van der Waals surface area contributed by atoms with Crippen LogP contribution in [0.15, 0.2) is 0 Å². The van der Waals surface area contributed by atoms with Crippen LogP contribution in [-0.2, 0) is 19.1 Å². The zero-order valence-electron chi connectivity index (χ0n) is 15.4. The molecule has 0 radical (unpaired) electrons. The fraction of sp³-hybridized carbons (Fsp3) is 0.867. The fourth-order valence-electron chi connectivity index (χ4n) is 1.12. The number of aliphatic hydroxyl groups is 1. The van der Waals surface area contributed by atoms with Crippen LogP contribution in [0, 0.1) is 5.92 Å². The van der Waals surface area contributed by atoms with Crippen molar-refractivity contribution in [2.75, 3.05) is 28.3 Å². The van der Waals surface area contributed by atoms with Crippen LogP contribution in [0.3, 0.4) is 0 Å². The molecular weight excluding hydrogens is 288 g/mol. The molecule has 7 heteroatoms. The van der Waals surface area contributed by atoms with Gasteiger partial charge in [-0.25, -0.2) is 4.79 Å². The van der Waals surface area contributed by atoms with Gasteiger partial charge in [0.15, 0.2) is 6.10 Å². The predicted octanol–water partition coefficient (Wildman–Crippen LogP) is 0.558. The van der Waals surface area contributed by atoms with Crippen LogP contribution >= 0.6 is 0 Å². The van der Waals surface area contributed by atoms with E-state index in [-0.39, 0.29) is 24.0 Å². The van der Waals surface area contributed by atoms with Crippen LogP contribution in [0.4, 0.5) is 0 Å². The van der Waals surface area contributed by atoms with Crippen LogP contribution in [0.2, 0.25) is 0 Å². The van der Waals surface area contributed by atoms with Gasteiger partial charge in [0, 0.05) is 12.1 Å². The Labute approximate surface area is 134 Å². The molecule has 0 aromatic carbocycles. The number of esters is 2. The maximum atomic E-state index is 10.8. The van der Waals surface area contributed by atoms with Gasteiger partial charge in [-0.1, -0.05) is 20.8 Å². The summed E-state index contributed by atoms with van der Waals surface area (Å²) in [5.74, 6) is -0.848. The van der Waals surface area contributed by atoms with E-state index in [4.69, 9.17) is 5.11 Å². The average molecular weight is 322 g/mol. The molecule has 0 saturated heterocycles. The monoisotopic (exact) mass is 322 g/mol. The van der Waals surface area contributed by atoms with Gasteiger partial charge in [0.2, 0.25) is 0 Å². The maximum absolute atomic E-state index is 10.8. The van der Waals surface area contributed by atoms with Crippen molar-refractivity contribution < 1.29 is 24.2 Å². The zero-order valence-corrected chi connectivity index (χ0v) is 15.4. The molecule has 3 N–H and O–H groups in total. The first-order valence-corrected chi connectivity index (χ1v) is 7.44. The number of carbonyl (C=O) groups is 2. The Bertz CT molecular complexity index is 259. The first-order chi connectivity index (χ1) is 10.3. The molecule has 4 atom stereocenters. The zero-order chi connectivity index (χ0) is 18.3. The van der Waals surface area contributed by atoms with E-state index >= 15 is 0 Å². The first kappa shape index (κ1) is 25.8. The molecule has 2 unspecified atom stereocenters. The van der Waals surface area contributed by atoms with E-state index in [1.807, 2.05) is 34.7 Å². The maximum Gasteiger partial charge on any atom is 0.336 e. The number of likely N-dealkylation sites (N-methyl/N-ethyl adjacent to an activating group) is 1. The molecule has 0 aromatic rings. The quantitative estimate of drug-likeness (QED) is 0.615. The molecule has 0 rings (SSSR count). The van der Waals surface area contributed by atoms with Gasteiger partial charge in [-0.15, -0.1) is 0 Å². The molecular formula is C15H34N2O5. The minimum atomic E-state index is -1.07. The third-order valence-electron chi connectivity index (χ3n) is 3.15. The van der Waals surface area contributed by atoms with Gasteiger partial charge < -0.3 is 25.2 Å². The number of aliphatic hydroxyl groups excluding tert-OH is 1. The van der Waals surface area contributed by atoms with Gasteiger partial charge in [-0.3, -0.25) is 4.79 Å². The van der Waals surface area contributed by atoms with E-state index in [0.29, 0.717) is 0 Å². The number of nitrogens with one attached hydrogen (secondary N) is 2. The van der Waals surface area contributed by atoms with Crippen molar-refractivity contribution >= 4 is 11.9 Å². The van der Waals surface area contributed by atoms with E-state index in [1.54, 1.807) is 14.0 Å². The minimum absolute atomic E-state index is 0.0741. The molecule has 134 valence electrons. The van der Waals surface area contributed by atoms with Crippen LogP contribution in [0.25, 0.3) is 0 Å². The summed E-state index contributed by atoms with van der Waals surface area (Å²) in [6.07, 6.45) is -1.07. The Kier molecular flexibility index (Phi) is 19.0. The Morgan fingerprint density at radius 2 is 1.23 bits per heavy atom. The van der Waals surface area contributed by atoms with Gasteiger partial charge >= 0.3 is 11.9 Å². The molecule has 0 aliphatic heterocycles. The first-order valence-electron chi connectivity index (χ1n) is 7.44. The Morgan fingerprint density at radius 3 is 1.50 bits per heavy atom. The molecule has 0 aliphatic rings. The normalized spacial score (nSPS) is 14.8. The van der Waals surface area contributed by atoms with Gasteiger partial charge in [-0.05, 0) is 27.9 Å². The van der Waals surface area contributed by atoms with Gasteiger partial charge in [0.05, 0.1) is 20.1 Å². The van der Waals surface area contributed by atoms with Crippen molar-refractivity contribution in [1.29, 1.82) is 0 Å². The topological polar surface area (TPSA) is 96.9 Å². The smallest absolute Gasteiger partial charge is 0.336 e. The number of hydrogen-bond donors (Lipinski definition) is 3. The standard InChI is InChI=1S/C7H15NO2.C6H13NO3.C2H6/c1-5(6(2)8-3)7(9)10-4;1-4(7-2)5(8)6(9)10-3;1-2/h5-6,8H,1-4H3;4-5,7-8H,1-3H3;1-2H3/t5?,6-;4-,5?;/m00./s1. The highest BCUT2D eigenvalue weighted by Gasteiger charge is 2.21. The molecule has 7 nitrogen and oxygen atoms in total. The molecule has 0 aliphatic carbocycles. The highest BCUT2D eigenvalue weighted by molar-refractivity contribution is 5.75. The molecule has 0 saturated carbocycles. The number of rotatable bonds is 6. The molecule has 0 aromatic heterocycles. The highest BCUT2D eigenvalue weighted by Crippen LogP contribution is 2.02. The summed E-state index contributed by atoms with van der Waals surface area (Å²) >= 11 is 0. The van der Waals surface area contributed by atoms with E-state index in [0.717, 1.165) is 0 Å². The van der Waals surface area contributed by atoms with Crippen molar-refractivity contribution in [3.63, 3.8) is 0 Å². The van der Waals surface area contributed by atoms with Crippen LogP contribution in [0.5, 0.6) is 0 Å². The minimum Gasteiger partial charge on any atom is -0.469 e. The Hall–Kier alpha value is -1.18. The van der Waals surface area contributed by atoms with Gasteiger partial charge in [0.1, 0.15) is 0 Å². The summed E-state index contributed by atoms with van der Waals surface area (Å²) in [7, 11) is 6.14. The van der Waals surface area contributed by atoms with Gasteiger partial charge in [-0.2, -0.15) is 0 Å². The van der Waals surface area contributed by atoms with Crippen LogP contribution in [-0.4, -0.2) is 63.5 Å². The summed E-state index contributed by atoms with van der Waals surface area (Å²) in [6, 6.07) is -0.0973. The van der Waals surface area contributed by atoms with Crippen molar-refractivity contribution in [3.05, 3.63) is 0 Å². The Balaban J connectivity index is -0.000000294. The number of ether oxygens (including phenoxy) is 2. The summed E-state index contributed by atoms with van der Waals surface area (Å²) in [5.41, 5.74) is 0. The second kappa shape index (κ2) is 16.2. The second-order valence-electron chi connectivity index (χ2n) is 4.43. The number of methoxy groups -OCH3 is 2. The summed E-state index contributed by atoms with van der Waals surface area (Å²) < 4.78 is 8.86. The molecule has 22 heavy (non-hydrogen) atoms. The molecule has 0 amide bonds. The lowest BCUT2D eigenvalue weighted by Crippen LogP contribution is -2.40. The van der Waals surface area contributed by atoms with Gasteiger partial charge in [0.25, 0.3) is 0 Å². The molecule has 0 bridgehead atoms. The predicted molar refractivity (Wildman–Crippen MR) is 87.6 cm³/mol.